The fourth-order valence-electron chi connectivity index (χ4n) is 1.93. The summed E-state index contributed by atoms with van der Waals surface area (Å²) in [5.41, 5.74) is 0.0388. The Labute approximate surface area is 141 Å². The third kappa shape index (κ3) is 4.18. The number of rotatable bonds is 5. The molecule has 1 N–H and O–H groups in total. The van der Waals surface area contributed by atoms with Gasteiger partial charge >= 0.3 is 0 Å². The quantitative estimate of drug-likeness (QED) is 0.658. The van der Waals surface area contributed by atoms with E-state index in [1.165, 1.54) is 18.2 Å². The number of nitrogens with one attached hydrogen (secondary N) is 1. The SMILES string of the molecule is N#Cc1ccc(NC(=O)CCn2cc([N+](=O)[O-])ccc2=O)cc1Cl. The maximum Gasteiger partial charge on any atom is 0.285 e. The number of nitriles is 1. The van der Waals surface area contributed by atoms with Crippen molar-refractivity contribution in [2.24, 2.45) is 0 Å². The third-order valence-corrected chi connectivity index (χ3v) is 3.44. The predicted molar refractivity (Wildman–Crippen MR) is 86.8 cm³/mol. The van der Waals surface area contributed by atoms with Gasteiger partial charge in [-0.15, -0.1) is 0 Å². The van der Waals surface area contributed by atoms with Crippen molar-refractivity contribution in [3.05, 3.63) is 67.6 Å². The number of carbonyl (C=O) groups excluding carboxylic acids is 1. The van der Waals surface area contributed by atoms with Crippen LogP contribution < -0.4 is 10.9 Å². The molecule has 0 spiro atoms. The molecule has 122 valence electrons. The van der Waals surface area contributed by atoms with Crippen molar-refractivity contribution in [2.75, 3.05) is 5.32 Å². The first kappa shape index (κ1) is 17.2. The van der Waals surface area contributed by atoms with Crippen LogP contribution in [0.15, 0.2) is 41.3 Å². The molecular weight excluding hydrogens is 336 g/mol. The molecule has 0 atom stereocenters. The Morgan fingerprint density at radius 1 is 1.38 bits per heavy atom. The Bertz CT molecular complexity index is 901. The molecule has 2 aromatic rings. The monoisotopic (exact) mass is 346 g/mol. The molecule has 8 nitrogen and oxygen atoms in total. The van der Waals surface area contributed by atoms with Crippen LogP contribution in [0.3, 0.4) is 0 Å². The van der Waals surface area contributed by atoms with Crippen LogP contribution in [0.5, 0.6) is 0 Å². The van der Waals surface area contributed by atoms with Gasteiger partial charge in [0.25, 0.3) is 11.2 Å². The number of hydrogen-bond acceptors (Lipinski definition) is 5. The average Bonchev–Trinajstić information content (AvgIpc) is 2.54. The van der Waals surface area contributed by atoms with E-state index in [0.29, 0.717) is 5.69 Å². The number of pyridine rings is 1. The number of amides is 1. The number of aromatic nitrogens is 1. The van der Waals surface area contributed by atoms with Gasteiger partial charge in [0.1, 0.15) is 6.07 Å². The van der Waals surface area contributed by atoms with E-state index in [2.05, 4.69) is 5.32 Å². The summed E-state index contributed by atoms with van der Waals surface area (Å²) in [4.78, 5) is 33.6. The van der Waals surface area contributed by atoms with Gasteiger partial charge in [-0.3, -0.25) is 19.7 Å². The molecule has 1 aromatic heterocycles. The van der Waals surface area contributed by atoms with Crippen molar-refractivity contribution in [2.45, 2.75) is 13.0 Å². The Kier molecular flexibility index (Phi) is 5.29. The van der Waals surface area contributed by atoms with E-state index in [1.54, 1.807) is 0 Å². The number of hydrogen-bond donors (Lipinski definition) is 1. The smallest absolute Gasteiger partial charge is 0.285 e. The first-order valence-electron chi connectivity index (χ1n) is 6.75. The number of anilines is 1. The summed E-state index contributed by atoms with van der Waals surface area (Å²) >= 11 is 5.87. The Hall–Kier alpha value is -3.18. The van der Waals surface area contributed by atoms with Gasteiger partial charge in [-0.25, -0.2) is 0 Å². The van der Waals surface area contributed by atoms with Crippen molar-refractivity contribution in [1.29, 1.82) is 5.26 Å². The first-order valence-corrected chi connectivity index (χ1v) is 7.13. The number of benzene rings is 1. The van der Waals surface area contributed by atoms with Crippen LogP contribution in [0.2, 0.25) is 5.02 Å². The molecule has 0 aliphatic carbocycles. The fourth-order valence-corrected chi connectivity index (χ4v) is 2.15. The van der Waals surface area contributed by atoms with Crippen LogP contribution in [0.4, 0.5) is 11.4 Å². The normalized spacial score (nSPS) is 10.0. The standard InChI is InChI=1S/C15H11ClN4O4/c16-13-7-11(2-1-10(13)8-17)18-14(21)5-6-19-9-12(20(23)24)3-4-15(19)22/h1-4,7,9H,5-6H2,(H,18,21). The highest BCUT2D eigenvalue weighted by molar-refractivity contribution is 6.32. The number of nitrogens with zero attached hydrogens (tertiary/aromatic N) is 3. The maximum absolute atomic E-state index is 11.9. The predicted octanol–water partition coefficient (Wildman–Crippen LogP) is 2.31. The zero-order valence-electron chi connectivity index (χ0n) is 12.2. The second-order valence-electron chi connectivity index (χ2n) is 4.78. The van der Waals surface area contributed by atoms with Crippen molar-refractivity contribution >= 4 is 28.9 Å². The van der Waals surface area contributed by atoms with Gasteiger partial charge < -0.3 is 9.88 Å². The molecule has 0 aliphatic heterocycles. The maximum atomic E-state index is 11.9. The van der Waals surface area contributed by atoms with Gasteiger partial charge in [0, 0.05) is 30.8 Å². The minimum absolute atomic E-state index is 0.00361. The molecule has 24 heavy (non-hydrogen) atoms. The molecule has 2 rings (SSSR count). The lowest BCUT2D eigenvalue weighted by Crippen LogP contribution is -2.22. The fraction of sp³-hybridized carbons (Fsp3) is 0.133. The molecule has 0 bridgehead atoms. The Balaban J connectivity index is 2.02. The largest absolute Gasteiger partial charge is 0.326 e. The summed E-state index contributed by atoms with van der Waals surface area (Å²) in [6.45, 7) is -0.00361. The summed E-state index contributed by atoms with van der Waals surface area (Å²) in [6, 6.07) is 8.54. The molecule has 0 aliphatic rings. The molecular formula is C15H11ClN4O4. The molecule has 9 heteroatoms. The second-order valence-corrected chi connectivity index (χ2v) is 5.19. The van der Waals surface area contributed by atoms with Crippen LogP contribution in [-0.2, 0) is 11.3 Å². The summed E-state index contributed by atoms with van der Waals surface area (Å²) < 4.78 is 1.10. The van der Waals surface area contributed by atoms with Gasteiger partial charge in [-0.1, -0.05) is 11.6 Å². The van der Waals surface area contributed by atoms with E-state index in [0.717, 1.165) is 22.9 Å². The van der Waals surface area contributed by atoms with Crippen LogP contribution in [0.25, 0.3) is 0 Å². The summed E-state index contributed by atoms with van der Waals surface area (Å²) in [6.07, 6.45) is 1.03. The van der Waals surface area contributed by atoms with Gasteiger partial charge in [-0.05, 0) is 18.2 Å². The van der Waals surface area contributed by atoms with Crippen molar-refractivity contribution in [1.82, 2.24) is 4.57 Å². The number of halogens is 1. The first-order chi connectivity index (χ1) is 11.4. The third-order valence-electron chi connectivity index (χ3n) is 3.13. The molecule has 0 radical (unpaired) electrons. The highest BCUT2D eigenvalue weighted by Gasteiger charge is 2.10. The molecule has 1 amide bonds. The molecule has 1 aromatic carbocycles. The van der Waals surface area contributed by atoms with E-state index in [9.17, 15) is 19.7 Å². The lowest BCUT2D eigenvalue weighted by Gasteiger charge is -2.07. The topological polar surface area (TPSA) is 118 Å². The summed E-state index contributed by atoms with van der Waals surface area (Å²) in [5.74, 6) is -0.394. The van der Waals surface area contributed by atoms with Crippen LogP contribution >= 0.6 is 11.6 Å². The van der Waals surface area contributed by atoms with E-state index in [1.807, 2.05) is 6.07 Å². The Morgan fingerprint density at radius 3 is 2.75 bits per heavy atom. The van der Waals surface area contributed by atoms with E-state index in [4.69, 9.17) is 16.9 Å². The zero-order chi connectivity index (χ0) is 17.7. The minimum atomic E-state index is -0.616. The summed E-state index contributed by atoms with van der Waals surface area (Å²) in [7, 11) is 0. The van der Waals surface area contributed by atoms with Crippen molar-refractivity contribution in [3.63, 3.8) is 0 Å². The van der Waals surface area contributed by atoms with Crippen LogP contribution in [0, 0.1) is 21.4 Å². The highest BCUT2D eigenvalue weighted by atomic mass is 35.5. The molecule has 0 saturated heterocycles. The van der Waals surface area contributed by atoms with Crippen LogP contribution in [0.1, 0.15) is 12.0 Å². The zero-order valence-corrected chi connectivity index (χ0v) is 13.0. The number of aryl methyl sites for hydroxylation is 1. The van der Waals surface area contributed by atoms with Crippen molar-refractivity contribution in [3.8, 4) is 6.07 Å². The average molecular weight is 347 g/mol. The van der Waals surface area contributed by atoms with E-state index in [-0.39, 0.29) is 29.2 Å². The molecule has 0 saturated carbocycles. The van der Waals surface area contributed by atoms with Gasteiger partial charge in [0.05, 0.1) is 21.7 Å². The number of carbonyl (C=O) groups is 1. The van der Waals surface area contributed by atoms with E-state index < -0.39 is 16.4 Å². The Morgan fingerprint density at radius 2 is 2.12 bits per heavy atom. The second kappa shape index (κ2) is 7.39. The van der Waals surface area contributed by atoms with Gasteiger partial charge in [0.2, 0.25) is 5.91 Å². The molecule has 0 fully saturated rings. The summed E-state index contributed by atoms with van der Waals surface area (Å²) in [5, 5.41) is 22.3. The van der Waals surface area contributed by atoms with E-state index >= 15 is 0 Å². The highest BCUT2D eigenvalue weighted by Crippen LogP contribution is 2.20. The minimum Gasteiger partial charge on any atom is -0.326 e. The van der Waals surface area contributed by atoms with Gasteiger partial charge in [0.15, 0.2) is 0 Å². The lowest BCUT2D eigenvalue weighted by molar-refractivity contribution is -0.385. The molecule has 0 unspecified atom stereocenters. The number of nitro groups is 1. The van der Waals surface area contributed by atoms with Gasteiger partial charge in [-0.2, -0.15) is 5.26 Å². The lowest BCUT2D eigenvalue weighted by atomic mass is 10.2. The van der Waals surface area contributed by atoms with Crippen LogP contribution in [-0.4, -0.2) is 15.4 Å². The van der Waals surface area contributed by atoms with Crippen molar-refractivity contribution < 1.29 is 9.72 Å². The molecule has 1 heterocycles.